The van der Waals surface area contributed by atoms with Gasteiger partial charge in [0.15, 0.2) is 5.96 Å². The Morgan fingerprint density at radius 1 is 1.21 bits per heavy atom. The van der Waals surface area contributed by atoms with Crippen LogP contribution in [0.1, 0.15) is 37.8 Å². The van der Waals surface area contributed by atoms with Crippen molar-refractivity contribution < 1.29 is 22.6 Å². The fourth-order valence-corrected chi connectivity index (χ4v) is 3.20. The molecule has 0 radical (unpaired) electrons. The van der Waals surface area contributed by atoms with E-state index in [0.717, 1.165) is 6.07 Å². The molecule has 1 aromatic carbocycles. The third kappa shape index (κ3) is 7.29. The van der Waals surface area contributed by atoms with Crippen LogP contribution in [0.3, 0.4) is 0 Å². The van der Waals surface area contributed by atoms with Gasteiger partial charge >= 0.3 is 6.18 Å². The smallest absolute Gasteiger partial charge is 0.381 e. The lowest BCUT2D eigenvalue weighted by Gasteiger charge is -2.38. The predicted octanol–water partition coefficient (Wildman–Crippen LogP) is 3.96. The molecule has 0 aliphatic carbocycles. The van der Waals surface area contributed by atoms with Crippen LogP contribution < -0.4 is 10.6 Å². The molecular formula is C20H31F3IN3O2. The topological polar surface area (TPSA) is 54.9 Å². The summed E-state index contributed by atoms with van der Waals surface area (Å²) >= 11 is 0. The number of hydrogen-bond donors (Lipinski definition) is 2. The lowest BCUT2D eigenvalue weighted by atomic mass is 9.73. The van der Waals surface area contributed by atoms with Gasteiger partial charge in [0.25, 0.3) is 0 Å². The van der Waals surface area contributed by atoms with Crippen molar-refractivity contribution in [3.63, 3.8) is 0 Å². The predicted molar refractivity (Wildman–Crippen MR) is 119 cm³/mol. The highest BCUT2D eigenvalue weighted by Crippen LogP contribution is 2.37. The summed E-state index contributed by atoms with van der Waals surface area (Å²) in [5.74, 6) is 0.586. The third-order valence-electron chi connectivity index (χ3n) is 5.30. The van der Waals surface area contributed by atoms with Crippen molar-refractivity contribution >= 4 is 29.9 Å². The molecule has 5 nitrogen and oxygen atoms in total. The molecule has 2 N–H and O–H groups in total. The van der Waals surface area contributed by atoms with E-state index in [1.807, 2.05) is 13.8 Å². The quantitative estimate of drug-likeness (QED) is 0.333. The van der Waals surface area contributed by atoms with E-state index in [2.05, 4.69) is 15.6 Å². The van der Waals surface area contributed by atoms with Crippen molar-refractivity contribution in [2.24, 2.45) is 4.99 Å². The molecular weight excluding hydrogens is 498 g/mol. The van der Waals surface area contributed by atoms with E-state index in [1.54, 1.807) is 20.2 Å². The Kier molecular flexibility index (Phi) is 9.68. The zero-order valence-electron chi connectivity index (χ0n) is 17.4. The molecule has 0 amide bonds. The number of hydrogen-bond acceptors (Lipinski definition) is 3. The summed E-state index contributed by atoms with van der Waals surface area (Å²) in [4.78, 5) is 4.22. The van der Waals surface area contributed by atoms with Crippen LogP contribution in [0.5, 0.6) is 0 Å². The summed E-state index contributed by atoms with van der Waals surface area (Å²) < 4.78 is 50.4. The maximum atomic E-state index is 13.2. The summed E-state index contributed by atoms with van der Waals surface area (Å²) in [5.41, 5.74) is -0.769. The molecule has 1 aromatic rings. The maximum Gasteiger partial charge on any atom is 0.416 e. The van der Waals surface area contributed by atoms with Crippen LogP contribution in [-0.2, 0) is 21.1 Å². The monoisotopic (exact) mass is 529 g/mol. The van der Waals surface area contributed by atoms with Crippen LogP contribution >= 0.6 is 24.0 Å². The van der Waals surface area contributed by atoms with Crippen molar-refractivity contribution in [2.75, 3.05) is 40.5 Å². The van der Waals surface area contributed by atoms with E-state index in [9.17, 15) is 13.2 Å². The minimum absolute atomic E-state index is 0. The number of methoxy groups -OCH3 is 1. The Morgan fingerprint density at radius 2 is 1.86 bits per heavy atom. The summed E-state index contributed by atoms with van der Waals surface area (Å²) in [6.45, 7) is 5.95. The van der Waals surface area contributed by atoms with Gasteiger partial charge < -0.3 is 20.1 Å². The van der Waals surface area contributed by atoms with Crippen molar-refractivity contribution in [2.45, 2.75) is 43.9 Å². The first-order valence-corrected chi connectivity index (χ1v) is 9.37. The van der Waals surface area contributed by atoms with Gasteiger partial charge in [0.1, 0.15) is 0 Å². The maximum absolute atomic E-state index is 13.2. The van der Waals surface area contributed by atoms with Gasteiger partial charge in [-0.05, 0) is 38.3 Å². The molecule has 9 heteroatoms. The Hall–Kier alpha value is -1.07. The average Bonchev–Trinajstić information content (AvgIpc) is 2.68. The molecule has 0 atom stereocenters. The zero-order chi connectivity index (χ0) is 20.8. The normalized spacial score (nSPS) is 17.4. The Labute approximate surface area is 187 Å². The van der Waals surface area contributed by atoms with Crippen molar-refractivity contribution in [1.82, 2.24) is 10.6 Å². The van der Waals surface area contributed by atoms with Crippen molar-refractivity contribution in [1.29, 1.82) is 0 Å². The molecule has 1 aliphatic heterocycles. The summed E-state index contributed by atoms with van der Waals surface area (Å²) in [6.07, 6.45) is -3.08. The van der Waals surface area contributed by atoms with Crippen molar-refractivity contribution in [3.05, 3.63) is 35.4 Å². The minimum Gasteiger partial charge on any atom is -0.381 e. The average molecular weight is 529 g/mol. The highest BCUT2D eigenvalue weighted by atomic mass is 127. The zero-order valence-corrected chi connectivity index (χ0v) is 19.7. The number of guanidine groups is 1. The van der Waals surface area contributed by atoms with E-state index >= 15 is 0 Å². The van der Waals surface area contributed by atoms with Gasteiger partial charge in [-0.1, -0.05) is 18.2 Å². The highest BCUT2D eigenvalue weighted by Gasteiger charge is 2.37. The van der Waals surface area contributed by atoms with Gasteiger partial charge in [0.05, 0.1) is 11.2 Å². The van der Waals surface area contributed by atoms with Crippen LogP contribution in [0.4, 0.5) is 13.2 Å². The Morgan fingerprint density at radius 3 is 2.41 bits per heavy atom. The lowest BCUT2D eigenvalue weighted by Crippen LogP contribution is -2.50. The molecule has 166 valence electrons. The van der Waals surface area contributed by atoms with Gasteiger partial charge in [-0.3, -0.25) is 4.99 Å². The van der Waals surface area contributed by atoms with Crippen LogP contribution in [-0.4, -0.2) is 52.0 Å². The molecule has 1 saturated heterocycles. The fourth-order valence-electron chi connectivity index (χ4n) is 3.20. The number of aliphatic imine (C=N–C) groups is 1. The van der Waals surface area contributed by atoms with Gasteiger partial charge in [0.2, 0.25) is 0 Å². The number of nitrogens with zero attached hydrogens (tertiary/aromatic N) is 1. The summed E-state index contributed by atoms with van der Waals surface area (Å²) in [5, 5.41) is 6.49. The van der Waals surface area contributed by atoms with Crippen LogP contribution in [0.25, 0.3) is 0 Å². The molecule has 2 rings (SSSR count). The van der Waals surface area contributed by atoms with Crippen LogP contribution in [0.15, 0.2) is 29.3 Å². The molecule has 1 aliphatic rings. The van der Waals surface area contributed by atoms with Gasteiger partial charge in [-0.15, -0.1) is 24.0 Å². The molecule has 29 heavy (non-hydrogen) atoms. The first-order valence-electron chi connectivity index (χ1n) is 9.37. The number of nitrogens with one attached hydrogen (secondary N) is 2. The molecule has 0 aromatic heterocycles. The highest BCUT2D eigenvalue weighted by molar-refractivity contribution is 14.0. The molecule has 0 spiro atoms. The van der Waals surface area contributed by atoms with Gasteiger partial charge in [-0.2, -0.15) is 13.2 Å². The van der Waals surface area contributed by atoms with Crippen LogP contribution in [0, 0.1) is 0 Å². The number of rotatable bonds is 6. The third-order valence-corrected chi connectivity index (χ3v) is 5.30. The van der Waals surface area contributed by atoms with E-state index < -0.39 is 17.2 Å². The second-order valence-electron chi connectivity index (χ2n) is 7.71. The van der Waals surface area contributed by atoms with E-state index in [1.165, 1.54) is 12.1 Å². The second kappa shape index (κ2) is 10.8. The number of alkyl halides is 3. The van der Waals surface area contributed by atoms with E-state index in [-0.39, 0.29) is 29.6 Å². The molecule has 0 saturated carbocycles. The molecule has 0 unspecified atom stereocenters. The SMILES string of the molecule is CN=C(NCC(C)(C)OC)NCC1(c2cccc(C(F)(F)F)c2)CCOCC1.I. The minimum atomic E-state index is -4.36. The van der Waals surface area contributed by atoms with E-state index in [0.29, 0.717) is 50.7 Å². The fraction of sp³-hybridized carbons (Fsp3) is 0.650. The van der Waals surface area contributed by atoms with Crippen molar-refractivity contribution in [3.8, 4) is 0 Å². The summed E-state index contributed by atoms with van der Waals surface area (Å²) in [7, 11) is 3.30. The van der Waals surface area contributed by atoms with E-state index in [4.69, 9.17) is 9.47 Å². The molecule has 0 bridgehead atoms. The molecule has 1 heterocycles. The van der Waals surface area contributed by atoms with Gasteiger partial charge in [-0.25, -0.2) is 0 Å². The second-order valence-corrected chi connectivity index (χ2v) is 7.71. The largest absolute Gasteiger partial charge is 0.416 e. The Bertz CT molecular complexity index is 675. The lowest BCUT2D eigenvalue weighted by molar-refractivity contribution is -0.137. The van der Waals surface area contributed by atoms with Crippen LogP contribution in [0.2, 0.25) is 0 Å². The number of ether oxygens (including phenoxy) is 2. The summed E-state index contributed by atoms with van der Waals surface area (Å²) in [6, 6.07) is 5.62. The first kappa shape index (κ1) is 26.0. The number of benzene rings is 1. The molecule has 1 fully saturated rings. The van der Waals surface area contributed by atoms with Gasteiger partial charge in [0, 0.05) is 45.9 Å². The standard InChI is InChI=1S/C20H30F3N3O2.HI/c1-18(2,27-4)13-25-17(24-3)26-14-19(8-10-28-11-9-19)15-6-5-7-16(12-15)20(21,22)23;/h5-7,12H,8-11,13-14H2,1-4H3,(H2,24,25,26);1H. The number of halogens is 4. The first-order chi connectivity index (χ1) is 13.1. The Balaban J connectivity index is 0.00000420.